The average Bonchev–Trinajstić information content (AvgIpc) is 2.84. The van der Waals surface area contributed by atoms with Gasteiger partial charge in [0.05, 0.1) is 0 Å². The van der Waals surface area contributed by atoms with Crippen molar-refractivity contribution in [3.63, 3.8) is 0 Å². The van der Waals surface area contributed by atoms with E-state index in [0.29, 0.717) is 24.7 Å². The first-order valence-corrected chi connectivity index (χ1v) is 7.03. The molecule has 2 amide bonds. The summed E-state index contributed by atoms with van der Waals surface area (Å²) in [5, 5.41) is 6.34. The smallest absolute Gasteiger partial charge is 0.240 e. The number of carbonyl (C=O) groups is 2. The fraction of sp³-hybridized carbons (Fsp3) is 0.643. The lowest BCUT2D eigenvalue weighted by atomic mass is 9.90. The van der Waals surface area contributed by atoms with Crippen molar-refractivity contribution in [1.82, 2.24) is 15.0 Å². The summed E-state index contributed by atoms with van der Waals surface area (Å²) in [6, 6.07) is 1.62. The van der Waals surface area contributed by atoms with Gasteiger partial charge in [-0.25, -0.2) is 0 Å². The lowest BCUT2D eigenvalue weighted by Crippen LogP contribution is -2.53. The molecule has 1 fully saturated rings. The van der Waals surface area contributed by atoms with Gasteiger partial charge in [0.2, 0.25) is 11.8 Å². The number of aromatic nitrogens is 1. The van der Waals surface area contributed by atoms with Crippen LogP contribution in [0.2, 0.25) is 0 Å². The largest absolute Gasteiger partial charge is 0.360 e. The number of carbonyl (C=O) groups excluding carboxylic acids is 2. The molecule has 1 N–H and O–H groups in total. The highest BCUT2D eigenvalue weighted by Gasteiger charge is 2.40. The van der Waals surface area contributed by atoms with Gasteiger partial charge in [-0.05, 0) is 27.8 Å². The minimum atomic E-state index is -1.14. The zero-order valence-electron chi connectivity index (χ0n) is 13.0. The predicted octanol–water partition coefficient (Wildman–Crippen LogP) is 0.722. The van der Waals surface area contributed by atoms with E-state index in [0.717, 1.165) is 13.1 Å². The molecule has 1 aliphatic heterocycles. The van der Waals surface area contributed by atoms with Crippen LogP contribution >= 0.6 is 0 Å². The molecule has 2 heterocycles. The third-order valence-corrected chi connectivity index (χ3v) is 3.76. The van der Waals surface area contributed by atoms with Crippen LogP contribution in [0.15, 0.2) is 10.6 Å². The second-order valence-electron chi connectivity index (χ2n) is 6.00. The maximum Gasteiger partial charge on any atom is 0.240 e. The Bertz CT molecular complexity index is 530. The zero-order valence-corrected chi connectivity index (χ0v) is 13.0. The van der Waals surface area contributed by atoms with Crippen LogP contribution in [-0.4, -0.2) is 60.0 Å². The minimum Gasteiger partial charge on any atom is -0.360 e. The summed E-state index contributed by atoms with van der Waals surface area (Å²) in [5.41, 5.74) is -1.14. The van der Waals surface area contributed by atoms with Gasteiger partial charge >= 0.3 is 0 Å². The Kier molecular flexibility index (Phi) is 4.32. The number of hydrogen-bond acceptors (Lipinski definition) is 5. The molecule has 0 radical (unpaired) electrons. The van der Waals surface area contributed by atoms with Crippen LogP contribution < -0.4 is 5.32 Å². The molecule has 116 valence electrons. The van der Waals surface area contributed by atoms with E-state index >= 15 is 0 Å². The average molecular weight is 294 g/mol. The lowest BCUT2D eigenvalue weighted by Gasteiger charge is -2.36. The van der Waals surface area contributed by atoms with E-state index in [9.17, 15) is 9.59 Å². The van der Waals surface area contributed by atoms with Crippen molar-refractivity contribution in [1.29, 1.82) is 0 Å². The first kappa shape index (κ1) is 15.5. The van der Waals surface area contributed by atoms with E-state index in [1.165, 1.54) is 0 Å². The Morgan fingerprint density at radius 2 is 1.90 bits per heavy atom. The molecule has 1 aromatic rings. The Morgan fingerprint density at radius 3 is 2.43 bits per heavy atom. The second-order valence-corrected chi connectivity index (χ2v) is 6.00. The summed E-state index contributed by atoms with van der Waals surface area (Å²) in [7, 11) is 2.02. The van der Waals surface area contributed by atoms with Crippen LogP contribution in [0.1, 0.15) is 19.6 Å². The molecule has 1 saturated heterocycles. The lowest BCUT2D eigenvalue weighted by molar-refractivity contribution is -0.147. The summed E-state index contributed by atoms with van der Waals surface area (Å²) < 4.78 is 4.90. The molecular weight excluding hydrogens is 272 g/mol. The van der Waals surface area contributed by atoms with Crippen LogP contribution in [0.5, 0.6) is 0 Å². The predicted molar refractivity (Wildman–Crippen MR) is 77.7 cm³/mol. The minimum absolute atomic E-state index is 0.159. The second kappa shape index (κ2) is 5.85. The van der Waals surface area contributed by atoms with Crippen LogP contribution in [0.4, 0.5) is 5.82 Å². The van der Waals surface area contributed by atoms with Crippen LogP contribution in [0.25, 0.3) is 0 Å². The number of nitrogens with zero attached hydrogens (tertiary/aromatic N) is 3. The first-order chi connectivity index (χ1) is 9.80. The van der Waals surface area contributed by atoms with Crippen molar-refractivity contribution in [2.45, 2.75) is 20.8 Å². The summed E-state index contributed by atoms with van der Waals surface area (Å²) in [4.78, 5) is 28.8. The zero-order chi connectivity index (χ0) is 15.6. The van der Waals surface area contributed by atoms with Crippen molar-refractivity contribution >= 4 is 17.6 Å². The number of amides is 2. The maximum absolute atomic E-state index is 12.6. The Labute approximate surface area is 124 Å². The summed E-state index contributed by atoms with van der Waals surface area (Å²) in [6.07, 6.45) is 0. The van der Waals surface area contributed by atoms with Crippen LogP contribution in [-0.2, 0) is 9.59 Å². The van der Waals surface area contributed by atoms with Crippen molar-refractivity contribution in [2.75, 3.05) is 38.5 Å². The Morgan fingerprint density at radius 1 is 1.29 bits per heavy atom. The molecular formula is C14H22N4O3. The molecule has 0 aromatic carbocycles. The SMILES string of the molecule is Cc1cc(NC(=O)C(C)(C)C(=O)N2CCN(C)CC2)no1. The van der Waals surface area contributed by atoms with Gasteiger partial charge in [0.25, 0.3) is 0 Å². The van der Waals surface area contributed by atoms with Gasteiger partial charge in [0.15, 0.2) is 5.82 Å². The number of likely N-dealkylation sites (N-methyl/N-ethyl adjacent to an activating group) is 1. The summed E-state index contributed by atoms with van der Waals surface area (Å²) in [5.74, 6) is 0.401. The van der Waals surface area contributed by atoms with Crippen molar-refractivity contribution < 1.29 is 14.1 Å². The highest BCUT2D eigenvalue weighted by atomic mass is 16.5. The van der Waals surface area contributed by atoms with Gasteiger partial charge in [0.1, 0.15) is 11.2 Å². The fourth-order valence-corrected chi connectivity index (χ4v) is 2.20. The van der Waals surface area contributed by atoms with E-state index in [4.69, 9.17) is 4.52 Å². The highest BCUT2D eigenvalue weighted by molar-refractivity contribution is 6.09. The number of aryl methyl sites for hydroxylation is 1. The normalized spacial score (nSPS) is 16.9. The van der Waals surface area contributed by atoms with Gasteiger partial charge < -0.3 is 19.6 Å². The maximum atomic E-state index is 12.6. The molecule has 21 heavy (non-hydrogen) atoms. The molecule has 1 aliphatic rings. The standard InChI is InChI=1S/C14H22N4O3/c1-10-9-11(16-21-10)15-12(19)14(2,3)13(20)18-7-5-17(4)6-8-18/h9H,5-8H2,1-4H3,(H,15,16,19). The molecule has 7 heteroatoms. The van der Waals surface area contributed by atoms with Crippen LogP contribution in [0.3, 0.4) is 0 Å². The fourth-order valence-electron chi connectivity index (χ4n) is 2.20. The Balaban J connectivity index is 2.02. The number of piperazine rings is 1. The third-order valence-electron chi connectivity index (χ3n) is 3.76. The molecule has 2 rings (SSSR count). The van der Waals surface area contributed by atoms with Gasteiger partial charge in [-0.15, -0.1) is 0 Å². The van der Waals surface area contributed by atoms with E-state index in [1.807, 2.05) is 7.05 Å². The highest BCUT2D eigenvalue weighted by Crippen LogP contribution is 2.22. The van der Waals surface area contributed by atoms with E-state index in [1.54, 1.807) is 31.7 Å². The van der Waals surface area contributed by atoms with Crippen molar-refractivity contribution in [3.05, 3.63) is 11.8 Å². The molecule has 0 spiro atoms. The third kappa shape index (κ3) is 3.41. The van der Waals surface area contributed by atoms with Gasteiger partial charge in [0, 0.05) is 32.2 Å². The molecule has 1 aromatic heterocycles. The molecule has 0 saturated carbocycles. The molecule has 7 nitrogen and oxygen atoms in total. The summed E-state index contributed by atoms with van der Waals surface area (Å²) in [6.45, 7) is 7.96. The van der Waals surface area contributed by atoms with E-state index in [-0.39, 0.29) is 11.8 Å². The van der Waals surface area contributed by atoms with Gasteiger partial charge in [-0.3, -0.25) is 9.59 Å². The number of nitrogens with one attached hydrogen (secondary N) is 1. The molecule has 0 unspecified atom stereocenters. The summed E-state index contributed by atoms with van der Waals surface area (Å²) >= 11 is 0. The van der Waals surface area contributed by atoms with E-state index < -0.39 is 5.41 Å². The van der Waals surface area contributed by atoms with Gasteiger partial charge in [-0.1, -0.05) is 5.16 Å². The van der Waals surface area contributed by atoms with E-state index in [2.05, 4.69) is 15.4 Å². The topological polar surface area (TPSA) is 78.7 Å². The molecule has 0 aliphatic carbocycles. The number of hydrogen-bond donors (Lipinski definition) is 1. The van der Waals surface area contributed by atoms with Crippen molar-refractivity contribution in [3.8, 4) is 0 Å². The number of anilines is 1. The number of rotatable bonds is 3. The molecule has 0 bridgehead atoms. The van der Waals surface area contributed by atoms with Gasteiger partial charge in [-0.2, -0.15) is 0 Å². The van der Waals surface area contributed by atoms with Crippen molar-refractivity contribution in [2.24, 2.45) is 5.41 Å². The molecule has 0 atom stereocenters. The Hall–Kier alpha value is -1.89. The first-order valence-electron chi connectivity index (χ1n) is 7.03. The quantitative estimate of drug-likeness (QED) is 0.831. The monoisotopic (exact) mass is 294 g/mol. The van der Waals surface area contributed by atoms with Crippen LogP contribution in [0, 0.1) is 12.3 Å².